The predicted molar refractivity (Wildman–Crippen MR) is 112 cm³/mol. The Labute approximate surface area is 174 Å². The molecule has 4 rings (SSSR count). The van der Waals surface area contributed by atoms with E-state index in [1.54, 1.807) is 24.4 Å². The minimum atomic E-state index is -0.293. The standard InChI is InChI=1S/C22H22ClN3O3/c1-28-19-13-15(12-17(23)21(19)29-2)22(27)25-20-10-11-24-26(20)18-9-5-7-14-6-3-4-8-16(14)18/h3-4,6,8,10-13,18H,5,7,9H2,1-2H3,(H,25,27)/t18-/m1/s1. The second kappa shape index (κ2) is 8.17. The number of hydrogen-bond acceptors (Lipinski definition) is 4. The molecule has 1 amide bonds. The number of hydrogen-bond donors (Lipinski definition) is 1. The Morgan fingerprint density at radius 3 is 2.83 bits per heavy atom. The van der Waals surface area contributed by atoms with Crippen molar-refractivity contribution < 1.29 is 14.3 Å². The quantitative estimate of drug-likeness (QED) is 0.659. The van der Waals surface area contributed by atoms with Crippen molar-refractivity contribution in [2.75, 3.05) is 19.5 Å². The number of aromatic nitrogens is 2. The third kappa shape index (κ3) is 3.68. The zero-order valence-electron chi connectivity index (χ0n) is 16.3. The van der Waals surface area contributed by atoms with Crippen LogP contribution in [0.1, 0.15) is 40.4 Å². The molecule has 0 spiro atoms. The van der Waals surface area contributed by atoms with E-state index >= 15 is 0 Å². The van der Waals surface area contributed by atoms with Crippen molar-refractivity contribution in [1.82, 2.24) is 9.78 Å². The van der Waals surface area contributed by atoms with E-state index in [-0.39, 0.29) is 11.9 Å². The van der Waals surface area contributed by atoms with Crippen molar-refractivity contribution in [2.45, 2.75) is 25.3 Å². The smallest absolute Gasteiger partial charge is 0.257 e. The Balaban J connectivity index is 1.62. The molecule has 6 nitrogen and oxygen atoms in total. The summed E-state index contributed by atoms with van der Waals surface area (Å²) in [4.78, 5) is 12.9. The van der Waals surface area contributed by atoms with Gasteiger partial charge in [0.2, 0.25) is 0 Å². The van der Waals surface area contributed by atoms with Gasteiger partial charge in [0, 0.05) is 11.6 Å². The Hall–Kier alpha value is -2.99. The molecule has 1 N–H and O–H groups in total. The Kier molecular flexibility index (Phi) is 5.45. The van der Waals surface area contributed by atoms with Gasteiger partial charge in [-0.05, 0) is 42.5 Å². The molecule has 0 bridgehead atoms. The number of ether oxygens (including phenoxy) is 2. The molecular formula is C22H22ClN3O3. The molecule has 0 fully saturated rings. The van der Waals surface area contributed by atoms with Gasteiger partial charge in [-0.1, -0.05) is 35.9 Å². The van der Waals surface area contributed by atoms with Crippen molar-refractivity contribution in [2.24, 2.45) is 0 Å². The number of amides is 1. The monoisotopic (exact) mass is 411 g/mol. The summed E-state index contributed by atoms with van der Waals surface area (Å²) in [6.07, 6.45) is 4.83. The van der Waals surface area contributed by atoms with Crippen LogP contribution in [0.25, 0.3) is 0 Å². The SMILES string of the molecule is COc1cc(C(=O)Nc2ccnn2[C@@H]2CCCc3ccccc32)cc(Cl)c1OC. The van der Waals surface area contributed by atoms with E-state index in [0.717, 1.165) is 19.3 Å². The highest BCUT2D eigenvalue weighted by Gasteiger charge is 2.24. The summed E-state index contributed by atoms with van der Waals surface area (Å²) >= 11 is 6.25. The molecule has 150 valence electrons. The minimum absolute atomic E-state index is 0.0965. The molecule has 1 heterocycles. The van der Waals surface area contributed by atoms with Crippen LogP contribution < -0.4 is 14.8 Å². The molecule has 1 aliphatic carbocycles. The number of halogens is 1. The Morgan fingerprint density at radius 1 is 1.21 bits per heavy atom. The van der Waals surface area contributed by atoms with Crippen molar-refractivity contribution in [3.8, 4) is 11.5 Å². The van der Waals surface area contributed by atoms with Crippen molar-refractivity contribution >= 4 is 23.3 Å². The van der Waals surface area contributed by atoms with Gasteiger partial charge in [-0.25, -0.2) is 4.68 Å². The number of rotatable bonds is 5. The van der Waals surface area contributed by atoms with Crippen LogP contribution in [0.4, 0.5) is 5.82 Å². The third-order valence-electron chi connectivity index (χ3n) is 5.24. The minimum Gasteiger partial charge on any atom is -0.493 e. The van der Waals surface area contributed by atoms with E-state index in [4.69, 9.17) is 21.1 Å². The third-order valence-corrected chi connectivity index (χ3v) is 5.52. The second-order valence-electron chi connectivity index (χ2n) is 6.92. The van der Waals surface area contributed by atoms with Crippen LogP contribution in [-0.4, -0.2) is 29.9 Å². The summed E-state index contributed by atoms with van der Waals surface area (Å²) in [5, 5.41) is 7.76. The lowest BCUT2D eigenvalue weighted by atomic mass is 9.88. The Morgan fingerprint density at radius 2 is 2.03 bits per heavy atom. The van der Waals surface area contributed by atoms with E-state index in [1.165, 1.54) is 25.3 Å². The van der Waals surface area contributed by atoms with Crippen LogP contribution in [0.15, 0.2) is 48.7 Å². The summed E-state index contributed by atoms with van der Waals surface area (Å²) in [7, 11) is 3.01. The highest BCUT2D eigenvalue weighted by atomic mass is 35.5. The lowest BCUT2D eigenvalue weighted by Gasteiger charge is -2.27. The van der Waals surface area contributed by atoms with Gasteiger partial charge < -0.3 is 14.8 Å². The lowest BCUT2D eigenvalue weighted by molar-refractivity contribution is 0.102. The van der Waals surface area contributed by atoms with E-state index < -0.39 is 0 Å². The fourth-order valence-electron chi connectivity index (χ4n) is 3.88. The first kappa shape index (κ1) is 19.3. The maximum atomic E-state index is 12.9. The summed E-state index contributed by atoms with van der Waals surface area (Å²) < 4.78 is 12.4. The molecule has 0 aliphatic heterocycles. The molecule has 3 aromatic rings. The van der Waals surface area contributed by atoms with Crippen LogP contribution in [0.3, 0.4) is 0 Å². The fourth-order valence-corrected chi connectivity index (χ4v) is 4.17. The summed E-state index contributed by atoms with van der Waals surface area (Å²) in [6.45, 7) is 0. The Bertz CT molecular complexity index is 1050. The lowest BCUT2D eigenvalue weighted by Crippen LogP contribution is -2.22. The van der Waals surface area contributed by atoms with E-state index in [9.17, 15) is 4.79 Å². The number of carbonyl (C=O) groups excluding carboxylic acids is 1. The second-order valence-corrected chi connectivity index (χ2v) is 7.32. The van der Waals surface area contributed by atoms with Crippen molar-refractivity contribution in [3.05, 3.63) is 70.4 Å². The van der Waals surface area contributed by atoms with Gasteiger partial charge >= 0.3 is 0 Å². The average Bonchev–Trinajstić information content (AvgIpc) is 3.20. The molecule has 29 heavy (non-hydrogen) atoms. The van der Waals surface area contributed by atoms with Crippen LogP contribution in [-0.2, 0) is 6.42 Å². The summed E-state index contributed by atoms with van der Waals surface area (Å²) in [5.74, 6) is 1.15. The first-order valence-corrected chi connectivity index (χ1v) is 9.84. The van der Waals surface area contributed by atoms with Gasteiger partial charge in [-0.2, -0.15) is 5.10 Å². The number of fused-ring (bicyclic) bond motifs is 1. The number of anilines is 1. The van der Waals surface area contributed by atoms with E-state index in [1.807, 2.05) is 10.7 Å². The number of aryl methyl sites for hydroxylation is 1. The van der Waals surface area contributed by atoms with Crippen molar-refractivity contribution in [3.63, 3.8) is 0 Å². The van der Waals surface area contributed by atoms with E-state index in [0.29, 0.717) is 27.9 Å². The first-order chi connectivity index (χ1) is 14.1. The highest BCUT2D eigenvalue weighted by Crippen LogP contribution is 2.37. The normalized spacial score (nSPS) is 15.5. The molecule has 7 heteroatoms. The number of benzene rings is 2. The van der Waals surface area contributed by atoms with Crippen molar-refractivity contribution in [1.29, 1.82) is 0 Å². The predicted octanol–water partition coefficient (Wildman–Crippen LogP) is 4.73. The van der Waals surface area contributed by atoms with E-state index in [2.05, 4.69) is 28.6 Å². The van der Waals surface area contributed by atoms with Gasteiger partial charge in [0.05, 0.1) is 31.5 Å². The summed E-state index contributed by atoms with van der Waals surface area (Å²) in [5.41, 5.74) is 2.97. The van der Waals surface area contributed by atoms with Gasteiger partial charge in [0.25, 0.3) is 5.91 Å². The number of carbonyl (C=O) groups is 1. The number of methoxy groups -OCH3 is 2. The molecule has 0 radical (unpaired) electrons. The van der Waals surface area contributed by atoms with Crippen LogP contribution in [0.5, 0.6) is 11.5 Å². The largest absolute Gasteiger partial charge is 0.493 e. The highest BCUT2D eigenvalue weighted by molar-refractivity contribution is 6.32. The van der Waals surface area contributed by atoms with Gasteiger partial charge in [-0.15, -0.1) is 0 Å². The first-order valence-electron chi connectivity index (χ1n) is 9.46. The molecule has 0 saturated heterocycles. The van der Waals surface area contributed by atoms with Crippen LogP contribution >= 0.6 is 11.6 Å². The number of nitrogens with zero attached hydrogens (tertiary/aromatic N) is 2. The van der Waals surface area contributed by atoms with Crippen LogP contribution in [0, 0.1) is 0 Å². The number of nitrogens with one attached hydrogen (secondary N) is 1. The van der Waals surface area contributed by atoms with Gasteiger partial charge in [0.1, 0.15) is 5.82 Å². The molecule has 2 aromatic carbocycles. The summed E-state index contributed by atoms with van der Waals surface area (Å²) in [6, 6.07) is 13.5. The molecule has 0 unspecified atom stereocenters. The zero-order chi connectivity index (χ0) is 20.4. The topological polar surface area (TPSA) is 65.4 Å². The average molecular weight is 412 g/mol. The van der Waals surface area contributed by atoms with Gasteiger partial charge in [0.15, 0.2) is 11.5 Å². The molecule has 1 atom stereocenters. The maximum Gasteiger partial charge on any atom is 0.257 e. The molecule has 0 saturated carbocycles. The zero-order valence-corrected chi connectivity index (χ0v) is 17.1. The molecular weight excluding hydrogens is 390 g/mol. The maximum absolute atomic E-state index is 12.9. The molecule has 1 aliphatic rings. The van der Waals surface area contributed by atoms with Crippen LogP contribution in [0.2, 0.25) is 5.02 Å². The van der Waals surface area contributed by atoms with Gasteiger partial charge in [-0.3, -0.25) is 4.79 Å². The molecule has 1 aromatic heterocycles. The fraction of sp³-hybridized carbons (Fsp3) is 0.273.